The first kappa shape index (κ1) is 17.3. The second kappa shape index (κ2) is 6.79. The van der Waals surface area contributed by atoms with Gasteiger partial charge in [0.2, 0.25) is 5.91 Å². The van der Waals surface area contributed by atoms with Crippen molar-refractivity contribution in [1.29, 1.82) is 0 Å². The van der Waals surface area contributed by atoms with Crippen LogP contribution in [-0.4, -0.2) is 38.5 Å². The van der Waals surface area contributed by atoms with Gasteiger partial charge in [-0.3, -0.25) is 4.79 Å². The van der Waals surface area contributed by atoms with Gasteiger partial charge in [-0.1, -0.05) is 18.2 Å². The molecule has 1 aliphatic heterocycles. The molecule has 8 heteroatoms. The molecule has 2 unspecified atom stereocenters. The number of hydrogen-bond donors (Lipinski definition) is 1. The molecule has 0 spiro atoms. The molecular weight excluding hydrogens is 335 g/mol. The Hall–Kier alpha value is -2.48. The Kier molecular flexibility index (Phi) is 4.71. The number of halogens is 3. The van der Waals surface area contributed by atoms with E-state index in [0.717, 1.165) is 6.07 Å². The summed E-state index contributed by atoms with van der Waals surface area (Å²) in [5, 5.41) is 9.94. The van der Waals surface area contributed by atoms with Crippen molar-refractivity contribution < 1.29 is 23.1 Å². The number of benzene rings is 1. The minimum Gasteiger partial charge on any atom is -0.391 e. The molecule has 2 heterocycles. The van der Waals surface area contributed by atoms with Crippen LogP contribution in [0.25, 0.3) is 0 Å². The lowest BCUT2D eigenvalue weighted by atomic mass is 9.97. The van der Waals surface area contributed by atoms with E-state index in [4.69, 9.17) is 0 Å². The van der Waals surface area contributed by atoms with Crippen molar-refractivity contribution in [3.05, 3.63) is 59.7 Å². The van der Waals surface area contributed by atoms with Gasteiger partial charge in [0.15, 0.2) is 0 Å². The van der Waals surface area contributed by atoms with Gasteiger partial charge in [-0.25, -0.2) is 9.97 Å². The minimum atomic E-state index is -4.52. The van der Waals surface area contributed by atoms with E-state index in [2.05, 4.69) is 9.97 Å². The van der Waals surface area contributed by atoms with Crippen molar-refractivity contribution in [3.63, 3.8) is 0 Å². The fourth-order valence-electron chi connectivity index (χ4n) is 3.13. The van der Waals surface area contributed by atoms with E-state index < -0.39 is 23.9 Å². The van der Waals surface area contributed by atoms with Crippen molar-refractivity contribution in [2.24, 2.45) is 0 Å². The van der Waals surface area contributed by atoms with Crippen LogP contribution in [0.2, 0.25) is 0 Å². The molecule has 1 aromatic carbocycles. The molecule has 1 saturated heterocycles. The maximum Gasteiger partial charge on any atom is 0.416 e. The third-order valence-corrected chi connectivity index (χ3v) is 4.19. The summed E-state index contributed by atoms with van der Waals surface area (Å²) in [5.41, 5.74) is -0.212. The summed E-state index contributed by atoms with van der Waals surface area (Å²) in [6.07, 6.45) is -1.04. The highest BCUT2D eigenvalue weighted by atomic mass is 19.4. The molecule has 5 nitrogen and oxygen atoms in total. The van der Waals surface area contributed by atoms with Crippen molar-refractivity contribution in [2.45, 2.75) is 31.2 Å². The van der Waals surface area contributed by atoms with E-state index >= 15 is 0 Å². The minimum absolute atomic E-state index is 0.00336. The van der Waals surface area contributed by atoms with Gasteiger partial charge < -0.3 is 10.0 Å². The van der Waals surface area contributed by atoms with Crippen LogP contribution < -0.4 is 0 Å². The number of β-amino-alcohol motifs (C(OH)–C–C–N with tert-alkyl or cyclic N) is 1. The van der Waals surface area contributed by atoms with Crippen LogP contribution in [0.4, 0.5) is 13.2 Å². The number of hydrogen-bond acceptors (Lipinski definition) is 4. The van der Waals surface area contributed by atoms with Gasteiger partial charge in [-0.2, -0.15) is 13.2 Å². The normalized spacial score (nSPS) is 20.7. The summed E-state index contributed by atoms with van der Waals surface area (Å²) >= 11 is 0. The Labute approximate surface area is 142 Å². The standard InChI is InChI=1S/C17H16F3N3O2/c18-17(19,20)14-4-2-1-3-13(14)15-6-12(24)9-23(15)16(25)5-11-7-21-10-22-8-11/h1-4,7-8,10,12,15,24H,5-6,9H2. The summed E-state index contributed by atoms with van der Waals surface area (Å²) in [5.74, 6) is -0.367. The molecule has 0 saturated carbocycles. The number of rotatable bonds is 3. The number of alkyl halides is 3. The van der Waals surface area contributed by atoms with E-state index in [-0.39, 0.29) is 30.9 Å². The topological polar surface area (TPSA) is 66.3 Å². The summed E-state index contributed by atoms with van der Waals surface area (Å²) in [7, 11) is 0. The number of carbonyl (C=O) groups is 1. The van der Waals surface area contributed by atoms with Gasteiger partial charge in [0, 0.05) is 18.9 Å². The number of nitrogens with zero attached hydrogens (tertiary/aromatic N) is 3. The number of likely N-dealkylation sites (tertiary alicyclic amines) is 1. The molecule has 132 valence electrons. The number of amides is 1. The van der Waals surface area contributed by atoms with E-state index in [9.17, 15) is 23.1 Å². The first-order valence-corrected chi connectivity index (χ1v) is 7.74. The maximum absolute atomic E-state index is 13.3. The Bertz CT molecular complexity index is 752. The molecule has 0 radical (unpaired) electrons. The average molecular weight is 351 g/mol. The molecule has 3 rings (SSSR count). The SMILES string of the molecule is O=C(Cc1cncnc1)N1CC(O)CC1c1ccccc1C(F)(F)F. The molecule has 2 aromatic rings. The molecule has 1 aliphatic rings. The Morgan fingerprint density at radius 3 is 2.60 bits per heavy atom. The van der Waals surface area contributed by atoms with Crippen molar-refractivity contribution in [1.82, 2.24) is 14.9 Å². The monoisotopic (exact) mass is 351 g/mol. The summed E-state index contributed by atoms with van der Waals surface area (Å²) in [6, 6.07) is 4.35. The molecule has 1 aromatic heterocycles. The number of aromatic nitrogens is 2. The van der Waals surface area contributed by atoms with Crippen LogP contribution in [0.3, 0.4) is 0 Å². The molecule has 1 amide bonds. The van der Waals surface area contributed by atoms with Gasteiger partial charge >= 0.3 is 6.18 Å². The summed E-state index contributed by atoms with van der Waals surface area (Å²) < 4.78 is 39.9. The van der Waals surface area contributed by atoms with Crippen LogP contribution in [0.1, 0.15) is 29.2 Å². The van der Waals surface area contributed by atoms with Crippen molar-refractivity contribution in [2.75, 3.05) is 6.54 Å². The average Bonchev–Trinajstić information content (AvgIpc) is 2.97. The van der Waals surface area contributed by atoms with Crippen LogP contribution in [0.5, 0.6) is 0 Å². The first-order chi connectivity index (χ1) is 11.9. The predicted molar refractivity (Wildman–Crippen MR) is 82.3 cm³/mol. The Morgan fingerprint density at radius 2 is 1.92 bits per heavy atom. The largest absolute Gasteiger partial charge is 0.416 e. The lowest BCUT2D eigenvalue weighted by Gasteiger charge is -2.27. The summed E-state index contributed by atoms with van der Waals surface area (Å²) in [6.45, 7) is 0.00336. The van der Waals surface area contributed by atoms with Crippen LogP contribution in [0.15, 0.2) is 43.0 Å². The highest BCUT2D eigenvalue weighted by Gasteiger charge is 2.41. The molecule has 1 N–H and O–H groups in total. The van der Waals surface area contributed by atoms with Crippen LogP contribution in [-0.2, 0) is 17.4 Å². The molecular formula is C17H16F3N3O2. The highest BCUT2D eigenvalue weighted by molar-refractivity contribution is 5.79. The second-order valence-corrected chi connectivity index (χ2v) is 5.96. The lowest BCUT2D eigenvalue weighted by molar-refractivity contribution is -0.140. The Morgan fingerprint density at radius 1 is 1.24 bits per heavy atom. The molecule has 2 atom stereocenters. The third kappa shape index (κ3) is 3.79. The Balaban J connectivity index is 1.89. The van der Waals surface area contributed by atoms with Crippen LogP contribution in [0, 0.1) is 0 Å². The van der Waals surface area contributed by atoms with Gasteiger partial charge in [0.25, 0.3) is 0 Å². The van der Waals surface area contributed by atoms with Gasteiger partial charge in [-0.05, 0) is 23.6 Å². The third-order valence-electron chi connectivity index (χ3n) is 4.19. The molecule has 1 fully saturated rings. The predicted octanol–water partition coefficient (Wildman–Crippen LogP) is 2.37. The number of carbonyl (C=O) groups excluding carboxylic acids is 1. The van der Waals surface area contributed by atoms with Crippen molar-refractivity contribution in [3.8, 4) is 0 Å². The molecule has 0 bridgehead atoms. The zero-order chi connectivity index (χ0) is 18.0. The number of aliphatic hydroxyl groups excluding tert-OH is 1. The van der Waals surface area contributed by atoms with E-state index in [1.165, 1.54) is 41.8 Å². The lowest BCUT2D eigenvalue weighted by Crippen LogP contribution is -2.33. The zero-order valence-electron chi connectivity index (χ0n) is 13.1. The number of aliphatic hydroxyl groups is 1. The fraction of sp³-hybridized carbons (Fsp3) is 0.353. The van der Waals surface area contributed by atoms with Gasteiger partial charge in [0.1, 0.15) is 6.33 Å². The molecule has 25 heavy (non-hydrogen) atoms. The quantitative estimate of drug-likeness (QED) is 0.922. The smallest absolute Gasteiger partial charge is 0.391 e. The van der Waals surface area contributed by atoms with Crippen molar-refractivity contribution >= 4 is 5.91 Å². The van der Waals surface area contributed by atoms with Crippen LogP contribution >= 0.6 is 0 Å². The first-order valence-electron chi connectivity index (χ1n) is 7.74. The zero-order valence-corrected chi connectivity index (χ0v) is 13.1. The van der Waals surface area contributed by atoms with E-state index in [0.29, 0.717) is 5.56 Å². The molecule has 0 aliphatic carbocycles. The fourth-order valence-corrected chi connectivity index (χ4v) is 3.13. The maximum atomic E-state index is 13.3. The van der Waals surface area contributed by atoms with E-state index in [1.54, 1.807) is 0 Å². The highest BCUT2D eigenvalue weighted by Crippen LogP contribution is 2.40. The van der Waals surface area contributed by atoms with E-state index in [1.807, 2.05) is 0 Å². The van der Waals surface area contributed by atoms with Gasteiger partial charge in [0.05, 0.1) is 24.1 Å². The van der Waals surface area contributed by atoms with Gasteiger partial charge in [-0.15, -0.1) is 0 Å². The second-order valence-electron chi connectivity index (χ2n) is 5.96. The summed E-state index contributed by atoms with van der Waals surface area (Å²) in [4.78, 5) is 21.5.